The molecule has 0 amide bonds. The number of nitrogens with zero attached hydrogens (tertiary/aromatic N) is 4. The lowest BCUT2D eigenvalue weighted by Crippen LogP contribution is -2.55. The first-order valence-corrected chi connectivity index (χ1v) is 7.91. The van der Waals surface area contributed by atoms with Gasteiger partial charge in [-0.15, -0.1) is 0 Å². The molecule has 0 radical (unpaired) electrons. The number of nitrogens with two attached hydrogens (primary N) is 1. The van der Waals surface area contributed by atoms with Crippen LogP contribution < -0.4 is 10.6 Å². The van der Waals surface area contributed by atoms with Gasteiger partial charge in [-0.1, -0.05) is 6.42 Å². The molecule has 2 saturated heterocycles. The summed E-state index contributed by atoms with van der Waals surface area (Å²) < 4.78 is 2.10. The number of hydrogen-bond donors (Lipinski definition) is 1. The van der Waals surface area contributed by atoms with E-state index >= 15 is 0 Å². The van der Waals surface area contributed by atoms with Crippen LogP contribution in [0.15, 0.2) is 0 Å². The standard InChI is InChI=1S/C15H27N5/c1-11(2)20-15(14(16)12(3)17-20)19-9-8-18-7-5-4-6-13(18)10-19/h11,13H,4-10,16H2,1-3H3. The minimum Gasteiger partial charge on any atom is -0.394 e. The van der Waals surface area contributed by atoms with Gasteiger partial charge in [0.05, 0.1) is 11.4 Å². The summed E-state index contributed by atoms with van der Waals surface area (Å²) in [7, 11) is 0. The van der Waals surface area contributed by atoms with Crippen LogP contribution in [0.2, 0.25) is 0 Å². The largest absolute Gasteiger partial charge is 0.394 e. The van der Waals surface area contributed by atoms with Gasteiger partial charge in [0.25, 0.3) is 0 Å². The highest BCUT2D eigenvalue weighted by molar-refractivity contribution is 5.66. The second-order valence-electron chi connectivity index (χ2n) is 6.49. The zero-order valence-electron chi connectivity index (χ0n) is 13.0. The van der Waals surface area contributed by atoms with E-state index in [1.165, 1.54) is 25.8 Å². The van der Waals surface area contributed by atoms with E-state index in [1.807, 2.05) is 6.92 Å². The molecule has 3 rings (SSSR count). The number of nitrogen functional groups attached to an aromatic ring is 1. The first-order chi connectivity index (χ1) is 9.58. The summed E-state index contributed by atoms with van der Waals surface area (Å²) in [6.07, 6.45) is 4.06. The van der Waals surface area contributed by atoms with E-state index in [4.69, 9.17) is 5.73 Å². The van der Waals surface area contributed by atoms with Crippen molar-refractivity contribution in [1.82, 2.24) is 14.7 Å². The molecule has 20 heavy (non-hydrogen) atoms. The van der Waals surface area contributed by atoms with Crippen molar-refractivity contribution in [2.45, 2.75) is 52.1 Å². The van der Waals surface area contributed by atoms with Gasteiger partial charge in [-0.2, -0.15) is 5.10 Å². The molecule has 5 nitrogen and oxygen atoms in total. The van der Waals surface area contributed by atoms with Crippen molar-refractivity contribution < 1.29 is 0 Å². The Labute approximate surface area is 121 Å². The maximum Gasteiger partial charge on any atom is 0.151 e. The third-order valence-electron chi connectivity index (χ3n) is 4.73. The van der Waals surface area contributed by atoms with E-state index in [-0.39, 0.29) is 0 Å². The third-order valence-corrected chi connectivity index (χ3v) is 4.73. The highest BCUT2D eigenvalue weighted by Gasteiger charge is 2.31. The lowest BCUT2D eigenvalue weighted by molar-refractivity contribution is 0.132. The Bertz CT molecular complexity index is 479. The van der Waals surface area contributed by atoms with Gasteiger partial charge in [0.2, 0.25) is 0 Å². The van der Waals surface area contributed by atoms with Gasteiger partial charge in [-0.05, 0) is 40.2 Å². The Kier molecular flexibility index (Phi) is 3.63. The molecule has 0 bridgehead atoms. The van der Waals surface area contributed by atoms with Crippen LogP contribution in [-0.2, 0) is 0 Å². The molecular weight excluding hydrogens is 250 g/mol. The van der Waals surface area contributed by atoms with Gasteiger partial charge in [-0.3, -0.25) is 4.90 Å². The molecule has 0 aromatic carbocycles. The molecule has 1 aromatic rings. The molecular formula is C15H27N5. The van der Waals surface area contributed by atoms with Gasteiger partial charge in [-0.25, -0.2) is 4.68 Å². The second kappa shape index (κ2) is 5.28. The topological polar surface area (TPSA) is 50.3 Å². The van der Waals surface area contributed by atoms with Crippen molar-refractivity contribution >= 4 is 11.5 Å². The predicted octanol–water partition coefficient (Wildman–Crippen LogP) is 2.03. The van der Waals surface area contributed by atoms with Crippen molar-refractivity contribution in [3.8, 4) is 0 Å². The van der Waals surface area contributed by atoms with Crippen LogP contribution in [-0.4, -0.2) is 46.9 Å². The molecule has 2 N–H and O–H groups in total. The van der Waals surface area contributed by atoms with Crippen molar-refractivity contribution in [2.75, 3.05) is 36.8 Å². The molecule has 1 aromatic heterocycles. The maximum absolute atomic E-state index is 6.30. The lowest BCUT2D eigenvalue weighted by Gasteiger charge is -2.45. The van der Waals surface area contributed by atoms with E-state index in [0.29, 0.717) is 12.1 Å². The number of piperazine rings is 1. The number of fused-ring (bicyclic) bond motifs is 1. The first-order valence-electron chi connectivity index (χ1n) is 7.91. The molecule has 1 atom stereocenters. The van der Waals surface area contributed by atoms with Gasteiger partial charge in [0.1, 0.15) is 0 Å². The van der Waals surface area contributed by atoms with Crippen LogP contribution in [0.4, 0.5) is 11.5 Å². The van der Waals surface area contributed by atoms with E-state index < -0.39 is 0 Å². The fourth-order valence-corrected chi connectivity index (χ4v) is 3.57. The van der Waals surface area contributed by atoms with Gasteiger partial charge >= 0.3 is 0 Å². The minimum atomic E-state index is 0.352. The molecule has 2 fully saturated rings. The van der Waals surface area contributed by atoms with Gasteiger partial charge < -0.3 is 10.6 Å². The highest BCUT2D eigenvalue weighted by atomic mass is 15.4. The first kappa shape index (κ1) is 13.7. The van der Waals surface area contributed by atoms with Crippen LogP contribution in [0.3, 0.4) is 0 Å². The molecule has 5 heteroatoms. The third kappa shape index (κ3) is 2.28. The molecule has 2 aliphatic rings. The van der Waals surface area contributed by atoms with Crippen LogP contribution in [0.5, 0.6) is 0 Å². The van der Waals surface area contributed by atoms with Gasteiger partial charge in [0, 0.05) is 31.7 Å². The number of hydrogen-bond acceptors (Lipinski definition) is 4. The molecule has 0 aliphatic carbocycles. The van der Waals surface area contributed by atoms with E-state index in [1.54, 1.807) is 0 Å². The number of anilines is 2. The molecule has 0 spiro atoms. The van der Waals surface area contributed by atoms with Crippen LogP contribution in [0.1, 0.15) is 44.8 Å². The molecule has 3 heterocycles. The Hall–Kier alpha value is -1.23. The fraction of sp³-hybridized carbons (Fsp3) is 0.800. The molecule has 1 unspecified atom stereocenters. The van der Waals surface area contributed by atoms with E-state index in [0.717, 1.165) is 36.8 Å². The monoisotopic (exact) mass is 277 g/mol. The normalized spacial score (nSPS) is 24.2. The number of rotatable bonds is 2. The average molecular weight is 277 g/mol. The van der Waals surface area contributed by atoms with Crippen molar-refractivity contribution in [3.63, 3.8) is 0 Å². The van der Waals surface area contributed by atoms with Crippen LogP contribution in [0, 0.1) is 6.92 Å². The summed E-state index contributed by atoms with van der Waals surface area (Å²) >= 11 is 0. The van der Waals surface area contributed by atoms with Crippen LogP contribution in [0.25, 0.3) is 0 Å². The molecule has 2 aliphatic heterocycles. The van der Waals surface area contributed by atoms with Gasteiger partial charge in [0.15, 0.2) is 5.82 Å². The number of aromatic nitrogens is 2. The molecule has 0 saturated carbocycles. The fourth-order valence-electron chi connectivity index (χ4n) is 3.57. The summed E-state index contributed by atoms with van der Waals surface area (Å²) in [5.74, 6) is 1.14. The van der Waals surface area contributed by atoms with Crippen LogP contribution >= 0.6 is 0 Å². The summed E-state index contributed by atoms with van der Waals surface area (Å²) in [4.78, 5) is 5.11. The predicted molar refractivity (Wildman–Crippen MR) is 83.2 cm³/mol. The van der Waals surface area contributed by atoms with E-state index in [9.17, 15) is 0 Å². The Balaban J connectivity index is 1.86. The molecule has 112 valence electrons. The summed E-state index contributed by atoms with van der Waals surface area (Å²) in [6.45, 7) is 11.0. The summed E-state index contributed by atoms with van der Waals surface area (Å²) in [5, 5.41) is 4.63. The number of piperidine rings is 1. The highest BCUT2D eigenvalue weighted by Crippen LogP contribution is 2.32. The maximum atomic E-state index is 6.30. The van der Waals surface area contributed by atoms with E-state index in [2.05, 4.69) is 33.4 Å². The Morgan fingerprint density at radius 2 is 2.00 bits per heavy atom. The smallest absolute Gasteiger partial charge is 0.151 e. The van der Waals surface area contributed by atoms with Crippen molar-refractivity contribution in [3.05, 3.63) is 5.69 Å². The zero-order chi connectivity index (χ0) is 14.3. The Morgan fingerprint density at radius 1 is 1.20 bits per heavy atom. The SMILES string of the molecule is Cc1nn(C(C)C)c(N2CCN3CCCCC3C2)c1N. The Morgan fingerprint density at radius 3 is 2.75 bits per heavy atom. The van der Waals surface area contributed by atoms with Crippen molar-refractivity contribution in [2.24, 2.45) is 0 Å². The zero-order valence-corrected chi connectivity index (χ0v) is 13.0. The average Bonchev–Trinajstić information content (AvgIpc) is 2.75. The second-order valence-corrected chi connectivity index (χ2v) is 6.49. The lowest BCUT2D eigenvalue weighted by atomic mass is 9.99. The summed E-state index contributed by atoms with van der Waals surface area (Å²) in [6, 6.07) is 1.05. The summed E-state index contributed by atoms with van der Waals surface area (Å²) in [5.41, 5.74) is 8.12. The number of aryl methyl sites for hydroxylation is 1. The minimum absolute atomic E-state index is 0.352. The van der Waals surface area contributed by atoms with Crippen molar-refractivity contribution in [1.29, 1.82) is 0 Å². The quantitative estimate of drug-likeness (QED) is 0.898.